The van der Waals surface area contributed by atoms with E-state index in [0.29, 0.717) is 24.1 Å². The van der Waals surface area contributed by atoms with Crippen LogP contribution in [0.4, 0.5) is 10.4 Å². The molecule has 2 aromatic rings. The van der Waals surface area contributed by atoms with Crippen LogP contribution in [0.2, 0.25) is 0 Å². The van der Waals surface area contributed by atoms with Crippen LogP contribution in [0.5, 0.6) is 0 Å². The number of fused-ring (bicyclic) bond motifs is 1. The molecule has 0 aliphatic carbocycles. The third kappa shape index (κ3) is 2.44. The summed E-state index contributed by atoms with van der Waals surface area (Å²) < 4.78 is 28.9. The highest BCUT2D eigenvalue weighted by atomic mass is 19.1. The molecule has 1 aromatic heterocycles. The highest BCUT2D eigenvalue weighted by molar-refractivity contribution is 5.81. The zero-order chi connectivity index (χ0) is 15.0. The molecule has 1 aliphatic heterocycles. The fraction of sp³-hybridized carbons (Fsp3) is 0.429. The molecular formula is C14H15FN2O4. The molecule has 0 unspecified atom stereocenters. The van der Waals surface area contributed by atoms with E-state index in [-0.39, 0.29) is 23.9 Å². The first-order valence-corrected chi connectivity index (χ1v) is 6.55. The Balaban J connectivity index is 1.96. The minimum Gasteiger partial charge on any atom is -0.467 e. The predicted octanol–water partition coefficient (Wildman–Crippen LogP) is 1.73. The summed E-state index contributed by atoms with van der Waals surface area (Å²) in [6.45, 7) is 0.464. The van der Waals surface area contributed by atoms with Crippen molar-refractivity contribution >= 4 is 23.1 Å². The molecule has 0 bridgehead atoms. The lowest BCUT2D eigenvalue weighted by molar-refractivity contribution is -0.142. The highest BCUT2D eigenvalue weighted by Gasteiger charge is 2.40. The van der Waals surface area contributed by atoms with E-state index < -0.39 is 6.04 Å². The SMILES string of the molecule is COC(=O)[C@H]1C[C@H](OC)CN1c1nc2cc(F)ccc2o1. The highest BCUT2D eigenvalue weighted by Crippen LogP contribution is 2.30. The summed E-state index contributed by atoms with van der Waals surface area (Å²) >= 11 is 0. The van der Waals surface area contributed by atoms with Crippen molar-refractivity contribution in [1.82, 2.24) is 4.98 Å². The largest absolute Gasteiger partial charge is 0.467 e. The zero-order valence-corrected chi connectivity index (χ0v) is 11.7. The van der Waals surface area contributed by atoms with Crippen LogP contribution >= 0.6 is 0 Å². The van der Waals surface area contributed by atoms with E-state index in [4.69, 9.17) is 13.9 Å². The number of carbonyl (C=O) groups excluding carboxylic acids is 1. The minimum absolute atomic E-state index is 0.110. The van der Waals surface area contributed by atoms with Crippen LogP contribution in [0.1, 0.15) is 6.42 Å². The summed E-state index contributed by atoms with van der Waals surface area (Å²) in [4.78, 5) is 17.8. The van der Waals surface area contributed by atoms with E-state index in [1.54, 1.807) is 12.0 Å². The predicted molar refractivity (Wildman–Crippen MR) is 72.5 cm³/mol. The van der Waals surface area contributed by atoms with Crippen molar-refractivity contribution in [3.63, 3.8) is 0 Å². The summed E-state index contributed by atoms with van der Waals surface area (Å²) in [5, 5.41) is 0. The monoisotopic (exact) mass is 294 g/mol. The van der Waals surface area contributed by atoms with E-state index in [1.807, 2.05) is 0 Å². The number of nitrogens with zero attached hydrogens (tertiary/aromatic N) is 2. The quantitative estimate of drug-likeness (QED) is 0.803. The lowest BCUT2D eigenvalue weighted by Gasteiger charge is -2.19. The molecular weight excluding hydrogens is 279 g/mol. The maximum absolute atomic E-state index is 13.2. The maximum Gasteiger partial charge on any atom is 0.328 e. The summed E-state index contributed by atoms with van der Waals surface area (Å²) in [7, 11) is 2.92. The van der Waals surface area contributed by atoms with Gasteiger partial charge in [0.15, 0.2) is 5.58 Å². The van der Waals surface area contributed by atoms with Gasteiger partial charge in [-0.1, -0.05) is 0 Å². The van der Waals surface area contributed by atoms with Gasteiger partial charge in [0.05, 0.1) is 13.2 Å². The molecule has 2 atom stereocenters. The molecule has 1 fully saturated rings. The Labute approximate surface area is 120 Å². The van der Waals surface area contributed by atoms with Crippen molar-refractivity contribution < 1.29 is 23.1 Å². The topological polar surface area (TPSA) is 64.8 Å². The molecule has 0 saturated carbocycles. The van der Waals surface area contributed by atoms with Gasteiger partial charge in [0.2, 0.25) is 0 Å². The molecule has 2 heterocycles. The van der Waals surface area contributed by atoms with E-state index in [2.05, 4.69) is 4.98 Å². The number of halogens is 1. The lowest BCUT2D eigenvalue weighted by Crippen LogP contribution is -2.37. The number of carbonyl (C=O) groups is 1. The molecule has 0 N–H and O–H groups in total. The number of methoxy groups -OCH3 is 2. The fourth-order valence-corrected chi connectivity index (χ4v) is 2.55. The molecule has 0 radical (unpaired) electrons. The summed E-state index contributed by atoms with van der Waals surface area (Å²) in [5.41, 5.74) is 0.880. The maximum atomic E-state index is 13.2. The zero-order valence-electron chi connectivity index (χ0n) is 11.7. The van der Waals surface area contributed by atoms with Crippen molar-refractivity contribution in [2.45, 2.75) is 18.6 Å². The van der Waals surface area contributed by atoms with Crippen LogP contribution in [-0.2, 0) is 14.3 Å². The number of oxazole rings is 1. The van der Waals surface area contributed by atoms with E-state index in [0.717, 1.165) is 0 Å². The van der Waals surface area contributed by atoms with E-state index in [1.165, 1.54) is 25.3 Å². The summed E-state index contributed by atoms with van der Waals surface area (Å²) in [6.07, 6.45) is 0.386. The summed E-state index contributed by atoms with van der Waals surface area (Å²) in [6, 6.07) is 3.86. The van der Waals surface area contributed by atoms with Crippen molar-refractivity contribution in [1.29, 1.82) is 0 Å². The Morgan fingerprint density at radius 1 is 1.48 bits per heavy atom. The molecule has 112 valence electrons. The van der Waals surface area contributed by atoms with Gasteiger partial charge >= 0.3 is 5.97 Å². The molecule has 0 amide bonds. The second-order valence-electron chi connectivity index (χ2n) is 4.89. The molecule has 1 aromatic carbocycles. The van der Waals surface area contributed by atoms with Crippen molar-refractivity contribution in [3.05, 3.63) is 24.0 Å². The van der Waals surface area contributed by atoms with Crippen LogP contribution in [0, 0.1) is 5.82 Å². The normalized spacial score (nSPS) is 22.0. The second-order valence-corrected chi connectivity index (χ2v) is 4.89. The van der Waals surface area contributed by atoms with Gasteiger partial charge in [-0.05, 0) is 12.1 Å². The Hall–Kier alpha value is -2.15. The number of rotatable bonds is 3. The van der Waals surface area contributed by atoms with Gasteiger partial charge in [0.25, 0.3) is 6.01 Å². The minimum atomic E-state index is -0.516. The second kappa shape index (κ2) is 5.33. The van der Waals surface area contributed by atoms with Crippen LogP contribution in [0.15, 0.2) is 22.6 Å². The number of benzene rings is 1. The van der Waals surface area contributed by atoms with Gasteiger partial charge in [-0.3, -0.25) is 0 Å². The number of ether oxygens (including phenoxy) is 2. The molecule has 3 rings (SSSR count). The Kier molecular flexibility index (Phi) is 3.50. The number of aromatic nitrogens is 1. The molecule has 7 heteroatoms. The summed E-state index contributed by atoms with van der Waals surface area (Å²) in [5.74, 6) is -0.758. The fourth-order valence-electron chi connectivity index (χ4n) is 2.55. The van der Waals surface area contributed by atoms with Gasteiger partial charge < -0.3 is 18.8 Å². The number of esters is 1. The lowest BCUT2D eigenvalue weighted by atomic mass is 10.2. The van der Waals surface area contributed by atoms with Gasteiger partial charge in [0, 0.05) is 26.1 Å². The average molecular weight is 294 g/mol. The smallest absolute Gasteiger partial charge is 0.328 e. The molecule has 1 aliphatic rings. The first-order valence-electron chi connectivity index (χ1n) is 6.55. The molecule has 1 saturated heterocycles. The molecule has 0 spiro atoms. The average Bonchev–Trinajstić information content (AvgIpc) is 3.09. The first kappa shape index (κ1) is 13.8. The number of hydrogen-bond donors (Lipinski definition) is 0. The van der Waals surface area contributed by atoms with Crippen LogP contribution in [0.3, 0.4) is 0 Å². The van der Waals surface area contributed by atoms with E-state index in [9.17, 15) is 9.18 Å². The van der Waals surface area contributed by atoms with Crippen LogP contribution < -0.4 is 4.90 Å². The Morgan fingerprint density at radius 3 is 3.00 bits per heavy atom. The molecule has 21 heavy (non-hydrogen) atoms. The first-order chi connectivity index (χ1) is 10.1. The van der Waals surface area contributed by atoms with Gasteiger partial charge in [-0.2, -0.15) is 4.98 Å². The molecule has 6 nitrogen and oxygen atoms in total. The standard InChI is InChI=1S/C14H15FN2O4/c1-19-9-6-11(13(18)20-2)17(7-9)14-16-10-5-8(15)3-4-12(10)21-14/h3-5,9,11H,6-7H2,1-2H3/t9-,11+/m0/s1. The van der Waals surface area contributed by atoms with Gasteiger partial charge in [-0.25, -0.2) is 9.18 Å². The number of hydrogen-bond acceptors (Lipinski definition) is 6. The van der Waals surface area contributed by atoms with Crippen LogP contribution in [-0.4, -0.2) is 43.9 Å². The van der Waals surface area contributed by atoms with E-state index >= 15 is 0 Å². The van der Waals surface area contributed by atoms with Crippen molar-refractivity contribution in [3.8, 4) is 0 Å². The van der Waals surface area contributed by atoms with Gasteiger partial charge in [0.1, 0.15) is 17.4 Å². The van der Waals surface area contributed by atoms with Crippen molar-refractivity contribution in [2.75, 3.05) is 25.7 Å². The Bertz CT molecular complexity index is 672. The Morgan fingerprint density at radius 2 is 2.29 bits per heavy atom. The third-order valence-corrected chi connectivity index (χ3v) is 3.65. The van der Waals surface area contributed by atoms with Crippen LogP contribution in [0.25, 0.3) is 11.1 Å². The number of anilines is 1. The van der Waals surface area contributed by atoms with Crippen molar-refractivity contribution in [2.24, 2.45) is 0 Å². The third-order valence-electron chi connectivity index (χ3n) is 3.65. The van der Waals surface area contributed by atoms with Gasteiger partial charge in [-0.15, -0.1) is 0 Å².